The quantitative estimate of drug-likeness (QED) is 0.860. The van der Waals surface area contributed by atoms with Gasteiger partial charge in [-0.15, -0.1) is 5.10 Å². The number of carbonyl (C=O) groups excluding carboxylic acids is 1. The zero-order chi connectivity index (χ0) is 13.1. The molecule has 0 aliphatic carbocycles. The number of amides is 1. The van der Waals surface area contributed by atoms with Crippen LogP contribution < -0.4 is 5.32 Å². The molecule has 0 fully saturated rings. The van der Waals surface area contributed by atoms with Crippen molar-refractivity contribution >= 4 is 5.91 Å². The zero-order valence-electron chi connectivity index (χ0n) is 9.39. The van der Waals surface area contributed by atoms with Gasteiger partial charge in [-0.25, -0.2) is 13.5 Å². The van der Waals surface area contributed by atoms with Crippen molar-refractivity contribution in [2.75, 3.05) is 0 Å². The van der Waals surface area contributed by atoms with Crippen LogP contribution in [0.15, 0.2) is 18.2 Å². The summed E-state index contributed by atoms with van der Waals surface area (Å²) in [6.07, 6.45) is 0. The van der Waals surface area contributed by atoms with Gasteiger partial charge in [0.25, 0.3) is 5.91 Å². The lowest BCUT2D eigenvalue weighted by atomic mass is 10.2. The molecular weight excluding hydrogens is 244 g/mol. The van der Waals surface area contributed by atoms with Crippen molar-refractivity contribution in [3.8, 4) is 0 Å². The van der Waals surface area contributed by atoms with E-state index in [1.165, 1.54) is 10.7 Å². The van der Waals surface area contributed by atoms with Crippen LogP contribution in [0.25, 0.3) is 0 Å². The van der Waals surface area contributed by atoms with Gasteiger partial charge in [0.2, 0.25) is 0 Å². The summed E-state index contributed by atoms with van der Waals surface area (Å²) in [4.78, 5) is 11.6. The van der Waals surface area contributed by atoms with E-state index in [9.17, 15) is 13.6 Å². The smallest absolute Gasteiger partial charge is 0.251 e. The van der Waals surface area contributed by atoms with E-state index in [-0.39, 0.29) is 12.1 Å². The number of hydrogen-bond acceptors (Lipinski definition) is 4. The average molecular weight is 253 g/mol. The topological polar surface area (TPSA) is 72.7 Å². The summed E-state index contributed by atoms with van der Waals surface area (Å²) in [7, 11) is 1.62. The van der Waals surface area contributed by atoms with Crippen molar-refractivity contribution in [3.05, 3.63) is 41.2 Å². The fraction of sp³-hybridized carbons (Fsp3) is 0.200. The first-order chi connectivity index (χ1) is 8.58. The maximum absolute atomic E-state index is 12.9. The predicted octanol–water partition coefficient (Wildman–Crippen LogP) is 0.418. The number of aryl methyl sites for hydroxylation is 1. The molecule has 0 unspecified atom stereocenters. The Balaban J connectivity index is 2.04. The Kier molecular flexibility index (Phi) is 3.26. The molecule has 0 spiro atoms. The molecule has 1 aromatic heterocycles. The van der Waals surface area contributed by atoms with Crippen LogP contribution >= 0.6 is 0 Å². The summed E-state index contributed by atoms with van der Waals surface area (Å²) in [5.41, 5.74) is 0.0315. The number of hydrogen-bond donors (Lipinski definition) is 1. The second-order valence-electron chi connectivity index (χ2n) is 3.53. The lowest BCUT2D eigenvalue weighted by Crippen LogP contribution is -2.24. The van der Waals surface area contributed by atoms with E-state index >= 15 is 0 Å². The van der Waals surface area contributed by atoms with Gasteiger partial charge in [-0.05, 0) is 28.6 Å². The summed E-state index contributed by atoms with van der Waals surface area (Å²) in [5, 5.41) is 13.2. The lowest BCUT2D eigenvalue weighted by molar-refractivity contribution is 0.0949. The molecule has 8 heteroatoms. The summed E-state index contributed by atoms with van der Waals surface area (Å²) in [6, 6.07) is 2.93. The Bertz CT molecular complexity index is 583. The maximum Gasteiger partial charge on any atom is 0.251 e. The molecule has 1 aromatic carbocycles. The van der Waals surface area contributed by atoms with Gasteiger partial charge in [0, 0.05) is 12.6 Å². The number of tetrazole rings is 1. The van der Waals surface area contributed by atoms with Gasteiger partial charge in [0.05, 0.1) is 6.54 Å². The Labute approximate surface area is 101 Å². The molecule has 0 radical (unpaired) electrons. The molecule has 1 amide bonds. The molecule has 0 saturated carbocycles. The van der Waals surface area contributed by atoms with Crippen LogP contribution in [0.1, 0.15) is 16.2 Å². The molecule has 94 valence electrons. The predicted molar refractivity (Wildman–Crippen MR) is 56.3 cm³/mol. The highest BCUT2D eigenvalue weighted by Gasteiger charge is 2.10. The van der Waals surface area contributed by atoms with Gasteiger partial charge < -0.3 is 5.32 Å². The molecule has 2 aromatic rings. The Morgan fingerprint density at radius 1 is 1.39 bits per heavy atom. The van der Waals surface area contributed by atoms with Gasteiger partial charge in [-0.3, -0.25) is 4.79 Å². The minimum atomic E-state index is -1.07. The van der Waals surface area contributed by atoms with Crippen molar-refractivity contribution in [2.45, 2.75) is 6.54 Å². The number of nitrogens with zero attached hydrogens (tertiary/aromatic N) is 4. The SMILES string of the molecule is Cn1nnnc1CNC(=O)c1ccc(F)c(F)c1. The second-order valence-corrected chi connectivity index (χ2v) is 3.53. The molecule has 2 rings (SSSR count). The highest BCUT2D eigenvalue weighted by atomic mass is 19.2. The average Bonchev–Trinajstić information content (AvgIpc) is 2.75. The second kappa shape index (κ2) is 4.86. The molecule has 0 aliphatic heterocycles. The normalized spacial score (nSPS) is 10.4. The fourth-order valence-corrected chi connectivity index (χ4v) is 1.30. The number of benzene rings is 1. The molecule has 6 nitrogen and oxygen atoms in total. The Morgan fingerprint density at radius 3 is 2.78 bits per heavy atom. The van der Waals surface area contributed by atoms with Gasteiger partial charge in [-0.2, -0.15) is 0 Å². The minimum absolute atomic E-state index is 0.0315. The first-order valence-corrected chi connectivity index (χ1v) is 5.02. The minimum Gasteiger partial charge on any atom is -0.345 e. The largest absolute Gasteiger partial charge is 0.345 e. The molecule has 1 heterocycles. The third kappa shape index (κ3) is 2.47. The van der Waals surface area contributed by atoms with E-state index in [0.29, 0.717) is 5.82 Å². The first-order valence-electron chi connectivity index (χ1n) is 5.02. The van der Waals surface area contributed by atoms with E-state index in [1.54, 1.807) is 7.05 Å². The van der Waals surface area contributed by atoms with Crippen LogP contribution in [-0.4, -0.2) is 26.1 Å². The molecular formula is C10H9F2N5O. The molecule has 0 bridgehead atoms. The van der Waals surface area contributed by atoms with Crippen molar-refractivity contribution in [3.63, 3.8) is 0 Å². The van der Waals surface area contributed by atoms with E-state index in [2.05, 4.69) is 20.8 Å². The fourth-order valence-electron chi connectivity index (χ4n) is 1.30. The van der Waals surface area contributed by atoms with Crippen molar-refractivity contribution in [1.82, 2.24) is 25.5 Å². The number of carbonyl (C=O) groups is 1. The number of halogens is 2. The highest BCUT2D eigenvalue weighted by Crippen LogP contribution is 2.08. The van der Waals surface area contributed by atoms with Gasteiger partial charge in [-0.1, -0.05) is 0 Å². The molecule has 1 N–H and O–H groups in total. The van der Waals surface area contributed by atoms with Crippen molar-refractivity contribution in [1.29, 1.82) is 0 Å². The standard InChI is InChI=1S/C10H9F2N5O/c1-17-9(14-15-16-17)5-13-10(18)6-2-3-7(11)8(12)4-6/h2-4H,5H2,1H3,(H,13,18). The molecule has 18 heavy (non-hydrogen) atoms. The highest BCUT2D eigenvalue weighted by molar-refractivity contribution is 5.94. The number of aromatic nitrogens is 4. The summed E-state index contributed by atoms with van der Waals surface area (Å²) in [6.45, 7) is 0.0985. The van der Waals surface area contributed by atoms with Crippen molar-refractivity contribution < 1.29 is 13.6 Å². The van der Waals surface area contributed by atoms with Crippen LogP contribution in [0, 0.1) is 11.6 Å². The molecule has 0 saturated heterocycles. The van der Waals surface area contributed by atoms with Crippen LogP contribution in [0.4, 0.5) is 8.78 Å². The lowest BCUT2D eigenvalue weighted by Gasteiger charge is -2.04. The summed E-state index contributed by atoms with van der Waals surface area (Å²) < 4.78 is 27.0. The van der Waals surface area contributed by atoms with Crippen LogP contribution in [0.3, 0.4) is 0 Å². The molecule has 0 atom stereocenters. The zero-order valence-corrected chi connectivity index (χ0v) is 9.39. The van der Waals surface area contributed by atoms with E-state index in [1.807, 2.05) is 0 Å². The van der Waals surface area contributed by atoms with E-state index in [4.69, 9.17) is 0 Å². The monoisotopic (exact) mass is 253 g/mol. The number of nitrogens with one attached hydrogen (secondary N) is 1. The Hall–Kier alpha value is -2.38. The van der Waals surface area contributed by atoms with Crippen LogP contribution in [-0.2, 0) is 13.6 Å². The van der Waals surface area contributed by atoms with E-state index in [0.717, 1.165) is 12.1 Å². The van der Waals surface area contributed by atoms with Crippen LogP contribution in [0.5, 0.6) is 0 Å². The maximum atomic E-state index is 12.9. The number of rotatable bonds is 3. The summed E-state index contributed by atoms with van der Waals surface area (Å²) in [5.74, 6) is -2.14. The van der Waals surface area contributed by atoms with Crippen LogP contribution in [0.2, 0.25) is 0 Å². The first kappa shape index (κ1) is 12.1. The van der Waals surface area contributed by atoms with Gasteiger partial charge in [0.1, 0.15) is 0 Å². The van der Waals surface area contributed by atoms with E-state index < -0.39 is 17.5 Å². The van der Waals surface area contributed by atoms with Gasteiger partial charge >= 0.3 is 0 Å². The Morgan fingerprint density at radius 2 is 2.17 bits per heavy atom. The van der Waals surface area contributed by atoms with Crippen molar-refractivity contribution in [2.24, 2.45) is 7.05 Å². The molecule has 0 aliphatic rings. The third-order valence-corrected chi connectivity index (χ3v) is 2.30. The summed E-state index contributed by atoms with van der Waals surface area (Å²) >= 11 is 0. The third-order valence-electron chi connectivity index (χ3n) is 2.30. The van der Waals surface area contributed by atoms with Gasteiger partial charge in [0.15, 0.2) is 17.5 Å².